The molecule has 0 bridgehead atoms. The summed E-state index contributed by atoms with van der Waals surface area (Å²) >= 11 is 0. The minimum absolute atomic E-state index is 0.101. The van der Waals surface area contributed by atoms with E-state index in [1.807, 2.05) is 0 Å². The molecule has 1 unspecified atom stereocenters. The van der Waals surface area contributed by atoms with E-state index in [2.05, 4.69) is 0 Å². The summed E-state index contributed by atoms with van der Waals surface area (Å²) in [5.41, 5.74) is -6.67. The molecule has 0 aliphatic carbocycles. The van der Waals surface area contributed by atoms with Gasteiger partial charge in [-0.25, -0.2) is 0 Å². The summed E-state index contributed by atoms with van der Waals surface area (Å²) in [5, 5.41) is 33.2. The molecule has 4 rings (SSSR count). The van der Waals surface area contributed by atoms with Crippen LogP contribution in [0.3, 0.4) is 0 Å². The summed E-state index contributed by atoms with van der Waals surface area (Å²) in [7, 11) is 0. The van der Waals surface area contributed by atoms with E-state index >= 15 is 0 Å². The van der Waals surface area contributed by atoms with E-state index in [9.17, 15) is 29.7 Å². The molecule has 0 saturated carbocycles. The highest BCUT2D eigenvalue weighted by molar-refractivity contribution is 6.25. The van der Waals surface area contributed by atoms with Crippen molar-refractivity contribution in [2.75, 3.05) is 6.61 Å². The molecule has 3 aromatic carbocycles. The van der Waals surface area contributed by atoms with Crippen molar-refractivity contribution in [2.45, 2.75) is 18.0 Å². The first-order valence-electron chi connectivity index (χ1n) is 10.7. The van der Waals surface area contributed by atoms with Crippen molar-refractivity contribution in [3.8, 4) is 0 Å². The number of ketones is 3. The predicted molar refractivity (Wildman–Crippen MR) is 118 cm³/mol. The van der Waals surface area contributed by atoms with Crippen molar-refractivity contribution in [3.63, 3.8) is 0 Å². The van der Waals surface area contributed by atoms with Crippen LogP contribution in [0, 0.1) is 5.41 Å². The number of hydrogen-bond acceptors (Lipinski definition) is 7. The minimum Gasteiger partial charge on any atom is -0.394 e. The molecule has 3 aromatic rings. The Labute approximate surface area is 191 Å². The van der Waals surface area contributed by atoms with E-state index < -0.39 is 47.3 Å². The van der Waals surface area contributed by atoms with Gasteiger partial charge >= 0.3 is 0 Å². The van der Waals surface area contributed by atoms with Crippen molar-refractivity contribution in [2.24, 2.45) is 5.41 Å². The predicted octanol–water partition coefficient (Wildman–Crippen LogP) is 2.06. The third-order valence-corrected chi connectivity index (χ3v) is 5.91. The molecule has 168 valence electrons. The van der Waals surface area contributed by atoms with Gasteiger partial charge in [0.1, 0.15) is 6.10 Å². The van der Waals surface area contributed by atoms with Gasteiger partial charge in [-0.15, -0.1) is 0 Å². The molecule has 1 heterocycles. The Morgan fingerprint density at radius 1 is 0.758 bits per heavy atom. The SMILES string of the molecule is [2H]C1(O)O[C@H](CO)[C@](O)(C(=O)c2ccccc2)C1(C(=O)c1ccccc1)C(=O)c1ccccc1. The summed E-state index contributed by atoms with van der Waals surface area (Å²) in [6.45, 7) is -1.05. The van der Waals surface area contributed by atoms with E-state index in [0.29, 0.717) is 0 Å². The van der Waals surface area contributed by atoms with Crippen LogP contribution in [0.15, 0.2) is 91.0 Å². The lowest BCUT2D eigenvalue weighted by Crippen LogP contribution is -2.66. The molecule has 7 nitrogen and oxygen atoms in total. The molecule has 1 saturated heterocycles. The van der Waals surface area contributed by atoms with Gasteiger partial charge in [-0.05, 0) is 0 Å². The molecule has 3 N–H and O–H groups in total. The van der Waals surface area contributed by atoms with Gasteiger partial charge in [0.2, 0.25) is 0 Å². The number of hydrogen-bond donors (Lipinski definition) is 3. The van der Waals surface area contributed by atoms with Crippen LogP contribution in [-0.2, 0) is 4.74 Å². The van der Waals surface area contributed by atoms with Crippen LogP contribution in [0.4, 0.5) is 0 Å². The standard InChI is InChI=1S/C26H22O7/c27-16-20-26(32,23(30)19-14-8-3-9-15-19)25(24(31)33-20,21(28)17-10-4-1-5-11-17)22(29)18-12-6-2-7-13-18/h1-15,20,24,27,31-32H,16H2/t20-,24?,26+/m1/s1/i24D. The molecule has 0 aromatic heterocycles. The van der Waals surface area contributed by atoms with Gasteiger partial charge in [-0.3, -0.25) is 14.4 Å². The Balaban J connectivity index is 2.08. The number of ether oxygens (including phenoxy) is 1. The number of carbonyl (C=O) groups is 3. The lowest BCUT2D eigenvalue weighted by molar-refractivity contribution is -0.124. The van der Waals surface area contributed by atoms with Crippen LogP contribution in [-0.4, -0.2) is 57.2 Å². The molecular formula is C26H22O7. The van der Waals surface area contributed by atoms with E-state index in [-0.39, 0.29) is 16.7 Å². The molecule has 0 spiro atoms. The highest BCUT2D eigenvalue weighted by atomic mass is 16.6. The van der Waals surface area contributed by atoms with Gasteiger partial charge in [0, 0.05) is 16.7 Å². The second-order valence-corrected chi connectivity index (χ2v) is 7.70. The third kappa shape index (κ3) is 3.34. The molecule has 0 amide bonds. The van der Waals surface area contributed by atoms with Crippen molar-refractivity contribution in [3.05, 3.63) is 108 Å². The Hall–Kier alpha value is -3.49. The summed E-state index contributed by atoms with van der Waals surface area (Å²) < 4.78 is 13.8. The van der Waals surface area contributed by atoms with Crippen LogP contribution >= 0.6 is 0 Å². The molecule has 1 aliphatic rings. The first-order chi connectivity index (χ1) is 16.2. The summed E-state index contributed by atoms with van der Waals surface area (Å²) in [4.78, 5) is 41.8. The van der Waals surface area contributed by atoms with Gasteiger partial charge in [0.05, 0.1) is 7.98 Å². The third-order valence-electron chi connectivity index (χ3n) is 5.91. The topological polar surface area (TPSA) is 121 Å². The zero-order chi connectivity index (χ0) is 24.6. The van der Waals surface area contributed by atoms with Gasteiger partial charge < -0.3 is 20.1 Å². The smallest absolute Gasteiger partial charge is 0.198 e. The van der Waals surface area contributed by atoms with Crippen molar-refractivity contribution >= 4 is 17.3 Å². The number of benzene rings is 3. The van der Waals surface area contributed by atoms with Crippen LogP contribution in [0.2, 0.25) is 0 Å². The summed E-state index contributed by atoms with van der Waals surface area (Å²) in [6.07, 6.45) is -5.36. The van der Waals surface area contributed by atoms with E-state index in [4.69, 9.17) is 6.11 Å². The first kappa shape index (κ1) is 21.4. The lowest BCUT2D eigenvalue weighted by Gasteiger charge is -2.40. The Kier molecular flexibility index (Phi) is 5.70. The maximum Gasteiger partial charge on any atom is 0.198 e. The molecule has 0 radical (unpaired) electrons. The molecule has 1 fully saturated rings. The first-order valence-corrected chi connectivity index (χ1v) is 10.2. The van der Waals surface area contributed by atoms with E-state index in [0.717, 1.165) is 0 Å². The van der Waals surface area contributed by atoms with Crippen molar-refractivity contribution < 1.29 is 35.8 Å². The fraction of sp³-hybridized carbons (Fsp3) is 0.192. The number of aliphatic hydroxyl groups is 3. The fourth-order valence-electron chi connectivity index (χ4n) is 4.26. The van der Waals surface area contributed by atoms with Crippen LogP contribution in [0.25, 0.3) is 0 Å². The number of carbonyl (C=O) groups excluding carboxylic acids is 3. The average molecular weight is 447 g/mol. The van der Waals surface area contributed by atoms with Crippen molar-refractivity contribution in [1.29, 1.82) is 0 Å². The van der Waals surface area contributed by atoms with Gasteiger partial charge in [0.25, 0.3) is 0 Å². The summed E-state index contributed by atoms with van der Waals surface area (Å²) in [6, 6.07) is 21.9. The zero-order valence-electron chi connectivity index (χ0n) is 18.4. The number of aliphatic hydroxyl groups excluding tert-OH is 1. The fourth-order valence-corrected chi connectivity index (χ4v) is 4.26. The monoisotopic (exact) mass is 447 g/mol. The molecular weight excluding hydrogens is 424 g/mol. The molecule has 3 atom stereocenters. The quantitative estimate of drug-likeness (QED) is 0.374. The Bertz CT molecular complexity index is 1160. The number of rotatable bonds is 7. The molecule has 1 aliphatic heterocycles. The van der Waals surface area contributed by atoms with Crippen LogP contribution in [0.1, 0.15) is 32.4 Å². The lowest BCUT2D eigenvalue weighted by atomic mass is 9.60. The summed E-state index contributed by atoms with van der Waals surface area (Å²) in [5.74, 6) is -3.53. The van der Waals surface area contributed by atoms with Gasteiger partial charge in [-0.1, -0.05) is 91.0 Å². The highest BCUT2D eigenvalue weighted by Crippen LogP contribution is 2.51. The molecule has 33 heavy (non-hydrogen) atoms. The maximum absolute atomic E-state index is 14.0. The second kappa shape index (κ2) is 8.80. The van der Waals surface area contributed by atoms with E-state index in [1.54, 1.807) is 18.2 Å². The maximum atomic E-state index is 14.0. The van der Waals surface area contributed by atoms with E-state index in [1.165, 1.54) is 72.8 Å². The second-order valence-electron chi connectivity index (χ2n) is 7.70. The minimum atomic E-state index is -3.40. The van der Waals surface area contributed by atoms with Gasteiger partial charge in [0.15, 0.2) is 34.6 Å². The Morgan fingerprint density at radius 3 is 1.48 bits per heavy atom. The van der Waals surface area contributed by atoms with Crippen molar-refractivity contribution in [1.82, 2.24) is 0 Å². The van der Waals surface area contributed by atoms with Crippen LogP contribution < -0.4 is 0 Å². The van der Waals surface area contributed by atoms with Gasteiger partial charge in [-0.2, -0.15) is 0 Å². The number of Topliss-reactive ketones (excluding diaryl/α,β-unsaturated/α-hetero) is 3. The highest BCUT2D eigenvalue weighted by Gasteiger charge is 2.76. The van der Waals surface area contributed by atoms with Crippen LogP contribution in [0.5, 0.6) is 0 Å². The largest absolute Gasteiger partial charge is 0.394 e. The normalized spacial score (nSPS) is 26.4. The Morgan fingerprint density at radius 2 is 1.12 bits per heavy atom. The zero-order valence-corrected chi connectivity index (χ0v) is 17.4. The molecule has 7 heteroatoms. The average Bonchev–Trinajstić information content (AvgIpc) is 3.07.